The predicted octanol–water partition coefficient (Wildman–Crippen LogP) is 14.0. The predicted molar refractivity (Wildman–Crippen MR) is 221 cm³/mol. The molecule has 0 spiro atoms. The largest absolute Gasteiger partial charge is 0.451 e. The molecule has 0 bridgehead atoms. The molecule has 3 nitrogen and oxygen atoms in total. The smallest absolute Gasteiger partial charge is 0.175 e. The zero-order valence-corrected chi connectivity index (χ0v) is 30.3. The van der Waals surface area contributed by atoms with Gasteiger partial charge in [-0.15, -0.1) is 0 Å². The van der Waals surface area contributed by atoms with Crippen molar-refractivity contribution in [3.8, 4) is 22.6 Å². The highest BCUT2D eigenvalue weighted by Crippen LogP contribution is 2.64. The lowest BCUT2D eigenvalue weighted by atomic mass is 9.73. The van der Waals surface area contributed by atoms with E-state index in [2.05, 4.69) is 195 Å². The van der Waals surface area contributed by atoms with E-state index < -0.39 is 0 Å². The minimum atomic E-state index is -0.255. The first kappa shape index (κ1) is 30.3. The molecule has 1 aliphatic carbocycles. The molecule has 0 unspecified atom stereocenters. The molecule has 53 heavy (non-hydrogen) atoms. The van der Waals surface area contributed by atoms with E-state index in [4.69, 9.17) is 4.74 Å². The third-order valence-electron chi connectivity index (χ3n) is 12.2. The van der Waals surface area contributed by atoms with Crippen LogP contribution in [0.3, 0.4) is 0 Å². The quantitative estimate of drug-likeness (QED) is 0.184. The fourth-order valence-corrected chi connectivity index (χ4v) is 9.56. The minimum Gasteiger partial charge on any atom is -0.451 e. The molecule has 8 aromatic rings. The van der Waals surface area contributed by atoms with Crippen LogP contribution in [0.1, 0.15) is 49.9 Å². The van der Waals surface area contributed by atoms with Crippen LogP contribution in [0.2, 0.25) is 0 Å². The average Bonchev–Trinajstić information content (AvgIpc) is 3.42. The number of ether oxygens (including phenoxy) is 1. The number of hydrogen-bond donors (Lipinski definition) is 0. The van der Waals surface area contributed by atoms with Crippen molar-refractivity contribution in [3.05, 3.63) is 180 Å². The highest BCUT2D eigenvalue weighted by molar-refractivity contribution is 6.08. The summed E-state index contributed by atoms with van der Waals surface area (Å²) in [5, 5.41) is 4.75. The van der Waals surface area contributed by atoms with Crippen molar-refractivity contribution in [2.75, 3.05) is 9.80 Å². The van der Waals surface area contributed by atoms with Crippen LogP contribution in [0.15, 0.2) is 158 Å². The third kappa shape index (κ3) is 4.05. The maximum absolute atomic E-state index is 7.31. The van der Waals surface area contributed by atoms with Gasteiger partial charge < -0.3 is 14.5 Å². The number of fused-ring (bicyclic) bond motifs is 10. The summed E-state index contributed by atoms with van der Waals surface area (Å²) in [6.07, 6.45) is 0. The second-order valence-corrected chi connectivity index (χ2v) is 15.8. The highest BCUT2D eigenvalue weighted by atomic mass is 16.5. The van der Waals surface area contributed by atoms with Crippen LogP contribution in [0.4, 0.5) is 34.1 Å². The van der Waals surface area contributed by atoms with Crippen LogP contribution in [0, 0.1) is 0 Å². The van der Waals surface area contributed by atoms with E-state index in [-0.39, 0.29) is 10.8 Å². The summed E-state index contributed by atoms with van der Waals surface area (Å²) < 4.78 is 7.31. The Hall–Kier alpha value is -6.32. The number of para-hydroxylation sites is 1. The van der Waals surface area contributed by atoms with E-state index in [1.165, 1.54) is 60.6 Å². The minimum absolute atomic E-state index is 0.141. The van der Waals surface area contributed by atoms with E-state index in [0.717, 1.165) is 39.9 Å². The first-order chi connectivity index (χ1) is 25.8. The van der Waals surface area contributed by atoms with Gasteiger partial charge in [0.25, 0.3) is 0 Å². The molecule has 0 amide bonds. The monoisotopic (exact) mass is 682 g/mol. The van der Waals surface area contributed by atoms with Gasteiger partial charge in [-0.25, -0.2) is 0 Å². The molecule has 0 saturated heterocycles. The summed E-state index contributed by atoms with van der Waals surface area (Å²) in [5.41, 5.74) is 14.1. The van der Waals surface area contributed by atoms with Crippen molar-refractivity contribution in [3.63, 3.8) is 0 Å². The SMILES string of the molecule is CC1(C)c2ccccc2-c2ccc(N(c3ccc4c5c3Oc3ccc6ccccc6c3N5c3ccccc3C4(C)C)c3cccc4ccccc34)cc21. The fraction of sp³-hybridized carbons (Fsp3) is 0.120. The molecule has 0 fully saturated rings. The van der Waals surface area contributed by atoms with Crippen molar-refractivity contribution >= 4 is 55.7 Å². The first-order valence-electron chi connectivity index (χ1n) is 18.6. The molecule has 2 heterocycles. The number of rotatable bonds is 3. The first-order valence-corrected chi connectivity index (χ1v) is 18.6. The Balaban J connectivity index is 1.22. The Kier molecular flexibility index (Phi) is 6.07. The summed E-state index contributed by atoms with van der Waals surface area (Å²) >= 11 is 0. The molecule has 3 heteroatoms. The van der Waals surface area contributed by atoms with Gasteiger partial charge in [0.2, 0.25) is 0 Å². The number of benzene rings is 8. The molecule has 0 saturated carbocycles. The van der Waals surface area contributed by atoms with E-state index in [9.17, 15) is 0 Å². The molecule has 0 N–H and O–H groups in total. The van der Waals surface area contributed by atoms with E-state index >= 15 is 0 Å². The van der Waals surface area contributed by atoms with Gasteiger partial charge in [0, 0.05) is 27.3 Å². The Morgan fingerprint density at radius 1 is 0.472 bits per heavy atom. The van der Waals surface area contributed by atoms with Crippen LogP contribution < -0.4 is 14.5 Å². The molecule has 254 valence electrons. The molecule has 0 atom stereocenters. The summed E-state index contributed by atoms with van der Waals surface area (Å²) in [5.74, 6) is 1.72. The Bertz CT molecular complexity index is 2840. The van der Waals surface area contributed by atoms with Crippen LogP contribution in [-0.4, -0.2) is 0 Å². The van der Waals surface area contributed by atoms with Crippen molar-refractivity contribution in [2.45, 2.75) is 38.5 Å². The highest BCUT2D eigenvalue weighted by Gasteiger charge is 2.44. The molecular weight excluding hydrogens is 645 g/mol. The Morgan fingerprint density at radius 2 is 1.13 bits per heavy atom. The van der Waals surface area contributed by atoms with Crippen LogP contribution in [-0.2, 0) is 10.8 Å². The molecular formula is C50H38N2O. The maximum atomic E-state index is 7.31. The molecule has 0 radical (unpaired) electrons. The second-order valence-electron chi connectivity index (χ2n) is 15.8. The Labute approximate surface area is 310 Å². The molecule has 8 aromatic carbocycles. The van der Waals surface area contributed by atoms with Crippen molar-refractivity contribution in [1.29, 1.82) is 0 Å². The summed E-state index contributed by atoms with van der Waals surface area (Å²) in [7, 11) is 0. The number of hydrogen-bond acceptors (Lipinski definition) is 3. The normalized spacial score (nSPS) is 15.2. The van der Waals surface area contributed by atoms with Crippen molar-refractivity contribution < 1.29 is 4.74 Å². The van der Waals surface area contributed by atoms with Gasteiger partial charge in [-0.2, -0.15) is 0 Å². The molecule has 11 rings (SSSR count). The molecule has 3 aliphatic rings. The second kappa shape index (κ2) is 10.6. The van der Waals surface area contributed by atoms with E-state index in [1.54, 1.807) is 0 Å². The van der Waals surface area contributed by atoms with Crippen molar-refractivity contribution in [1.82, 2.24) is 0 Å². The standard InChI is InChI=1S/C50H38N2O/c1-49(2)38-20-10-9-19-36(38)37-26-25-33(30-41(37)49)51(42-23-13-16-31-14-5-7-17-34(31)42)44-28-27-40-47-48(44)53-45-29-24-32-15-6-8-18-35(32)46(45)52(47)43-22-12-11-21-39(43)50(40,3)4/h5-30H,1-4H3. The molecule has 0 aromatic heterocycles. The van der Waals surface area contributed by atoms with Gasteiger partial charge in [0.15, 0.2) is 11.5 Å². The van der Waals surface area contributed by atoms with E-state index in [1.807, 2.05) is 0 Å². The molecule has 2 aliphatic heterocycles. The van der Waals surface area contributed by atoms with Gasteiger partial charge >= 0.3 is 0 Å². The van der Waals surface area contributed by atoms with Gasteiger partial charge in [-0.05, 0) is 80.6 Å². The van der Waals surface area contributed by atoms with Gasteiger partial charge in [-0.3, -0.25) is 0 Å². The van der Waals surface area contributed by atoms with Crippen LogP contribution in [0.5, 0.6) is 11.5 Å². The lowest BCUT2D eigenvalue weighted by Gasteiger charge is -2.46. The average molecular weight is 683 g/mol. The maximum Gasteiger partial charge on any atom is 0.175 e. The summed E-state index contributed by atoms with van der Waals surface area (Å²) in [6.45, 7) is 9.40. The van der Waals surface area contributed by atoms with Crippen molar-refractivity contribution in [2.24, 2.45) is 0 Å². The Morgan fingerprint density at radius 3 is 1.98 bits per heavy atom. The van der Waals surface area contributed by atoms with E-state index in [0.29, 0.717) is 0 Å². The topological polar surface area (TPSA) is 15.7 Å². The number of nitrogens with zero attached hydrogens (tertiary/aromatic N) is 2. The van der Waals surface area contributed by atoms with Gasteiger partial charge in [-0.1, -0.05) is 149 Å². The lowest BCUT2D eigenvalue weighted by Crippen LogP contribution is -2.33. The zero-order valence-electron chi connectivity index (χ0n) is 30.3. The summed E-state index contributed by atoms with van der Waals surface area (Å²) in [6, 6.07) is 57.8. The summed E-state index contributed by atoms with van der Waals surface area (Å²) in [4.78, 5) is 4.93. The fourth-order valence-electron chi connectivity index (χ4n) is 9.56. The van der Waals surface area contributed by atoms with Crippen LogP contribution in [0.25, 0.3) is 32.7 Å². The third-order valence-corrected chi connectivity index (χ3v) is 12.2. The van der Waals surface area contributed by atoms with Crippen LogP contribution >= 0.6 is 0 Å². The van der Waals surface area contributed by atoms with Gasteiger partial charge in [0.05, 0.1) is 28.4 Å². The number of anilines is 6. The lowest BCUT2D eigenvalue weighted by molar-refractivity contribution is 0.473. The zero-order chi connectivity index (χ0) is 35.6. The van der Waals surface area contributed by atoms with Gasteiger partial charge in [0.1, 0.15) is 0 Å².